The summed E-state index contributed by atoms with van der Waals surface area (Å²) in [6, 6.07) is 5.15. The lowest BCUT2D eigenvalue weighted by Crippen LogP contribution is -2.02. The number of benzene rings is 1. The Kier molecular flexibility index (Phi) is 3.54. The molecule has 0 radical (unpaired) electrons. The summed E-state index contributed by atoms with van der Waals surface area (Å²) >= 11 is 0.997. The summed E-state index contributed by atoms with van der Waals surface area (Å²) in [5.41, 5.74) is -1.50. The molecule has 1 aromatic heterocycles. The van der Waals surface area contributed by atoms with Gasteiger partial charge in [-0.15, -0.1) is 0 Å². The Hall–Kier alpha value is -3.06. The van der Waals surface area contributed by atoms with Crippen LogP contribution in [0.25, 0.3) is 0 Å². The Morgan fingerprint density at radius 3 is 2.25 bits per heavy atom. The highest BCUT2D eigenvalue weighted by Crippen LogP contribution is 2.38. The number of hydrogen-bond donors (Lipinski definition) is 1. The standard InChI is InChI=1S/C10H5N5O4S/c11-5-6-3-7(14(16)17)10(8(4-6)15(18)19)13-9-1-2-12-20-9/h1-4,13H. The number of anilines is 2. The number of nitro groups is 2. The van der Waals surface area contributed by atoms with Crippen LogP contribution in [0.1, 0.15) is 5.56 Å². The van der Waals surface area contributed by atoms with E-state index in [0.29, 0.717) is 5.00 Å². The second-order valence-electron chi connectivity index (χ2n) is 3.52. The lowest BCUT2D eigenvalue weighted by Gasteiger charge is -2.05. The average molecular weight is 291 g/mol. The van der Waals surface area contributed by atoms with Crippen molar-refractivity contribution in [2.45, 2.75) is 0 Å². The summed E-state index contributed by atoms with van der Waals surface area (Å²) in [4.78, 5) is 20.5. The number of nitrogens with one attached hydrogen (secondary N) is 1. The first-order chi connectivity index (χ1) is 9.52. The zero-order valence-corrected chi connectivity index (χ0v) is 10.5. The second-order valence-corrected chi connectivity index (χ2v) is 4.35. The van der Waals surface area contributed by atoms with E-state index in [1.165, 1.54) is 12.3 Å². The highest BCUT2D eigenvalue weighted by Gasteiger charge is 2.27. The Balaban J connectivity index is 2.65. The Labute approximate surface area is 115 Å². The summed E-state index contributed by atoms with van der Waals surface area (Å²) < 4.78 is 3.79. The van der Waals surface area contributed by atoms with E-state index in [0.717, 1.165) is 23.7 Å². The van der Waals surface area contributed by atoms with Crippen molar-refractivity contribution in [2.24, 2.45) is 0 Å². The molecule has 20 heavy (non-hydrogen) atoms. The number of rotatable bonds is 4. The van der Waals surface area contributed by atoms with E-state index < -0.39 is 21.2 Å². The van der Waals surface area contributed by atoms with Crippen molar-refractivity contribution in [3.63, 3.8) is 0 Å². The molecule has 0 atom stereocenters. The van der Waals surface area contributed by atoms with Gasteiger partial charge in [-0.2, -0.15) is 9.64 Å². The third kappa shape index (κ3) is 2.52. The van der Waals surface area contributed by atoms with Gasteiger partial charge >= 0.3 is 11.4 Å². The molecule has 1 heterocycles. The van der Waals surface area contributed by atoms with Gasteiger partial charge in [-0.3, -0.25) is 20.2 Å². The largest absolute Gasteiger partial charge is 0.335 e. The maximum absolute atomic E-state index is 11.0. The van der Waals surface area contributed by atoms with Crippen molar-refractivity contribution in [1.82, 2.24) is 4.37 Å². The van der Waals surface area contributed by atoms with E-state index in [9.17, 15) is 20.2 Å². The fraction of sp³-hybridized carbons (Fsp3) is 0. The molecule has 0 unspecified atom stereocenters. The number of aromatic nitrogens is 1. The first-order valence-electron chi connectivity index (χ1n) is 5.07. The van der Waals surface area contributed by atoms with Gasteiger partial charge in [0.25, 0.3) is 0 Å². The monoisotopic (exact) mass is 291 g/mol. The molecule has 2 aromatic rings. The first-order valence-corrected chi connectivity index (χ1v) is 5.85. The molecule has 0 fully saturated rings. The van der Waals surface area contributed by atoms with Crippen LogP contribution in [0.3, 0.4) is 0 Å². The van der Waals surface area contributed by atoms with Crippen LogP contribution >= 0.6 is 11.5 Å². The van der Waals surface area contributed by atoms with Crippen molar-refractivity contribution in [2.75, 3.05) is 5.32 Å². The predicted octanol–water partition coefficient (Wildman–Crippen LogP) is 2.57. The normalized spacial score (nSPS) is 9.75. The highest BCUT2D eigenvalue weighted by atomic mass is 32.1. The van der Waals surface area contributed by atoms with Crippen molar-refractivity contribution >= 4 is 33.6 Å². The van der Waals surface area contributed by atoms with Gasteiger partial charge < -0.3 is 5.32 Å². The van der Waals surface area contributed by atoms with E-state index >= 15 is 0 Å². The molecule has 0 spiro atoms. The third-order valence-corrected chi connectivity index (χ3v) is 2.97. The van der Waals surface area contributed by atoms with Gasteiger partial charge in [0, 0.05) is 18.3 Å². The molecule has 0 saturated heterocycles. The summed E-state index contributed by atoms with van der Waals surface area (Å²) in [6.07, 6.45) is 1.45. The minimum absolute atomic E-state index is 0.154. The fourth-order valence-electron chi connectivity index (χ4n) is 1.50. The van der Waals surface area contributed by atoms with Gasteiger partial charge in [-0.1, -0.05) is 0 Å². The predicted molar refractivity (Wildman–Crippen MR) is 69.9 cm³/mol. The van der Waals surface area contributed by atoms with Gasteiger partial charge in [-0.25, -0.2) is 0 Å². The SMILES string of the molecule is N#Cc1cc([N+](=O)[O-])c(Nc2ccns2)c([N+](=O)[O-])c1. The molecule has 9 nitrogen and oxygen atoms in total. The maximum Gasteiger partial charge on any atom is 0.301 e. The van der Waals surface area contributed by atoms with Crippen LogP contribution in [0.2, 0.25) is 0 Å². The number of nitriles is 1. The molecule has 0 aliphatic carbocycles. The maximum atomic E-state index is 11.0. The van der Waals surface area contributed by atoms with Crippen molar-refractivity contribution in [3.05, 3.63) is 50.2 Å². The first kappa shape index (κ1) is 13.4. The molecule has 1 aromatic carbocycles. The molecule has 0 bridgehead atoms. The Bertz CT molecular complexity index is 687. The lowest BCUT2D eigenvalue weighted by molar-refractivity contribution is -0.392. The Morgan fingerprint density at radius 1 is 1.25 bits per heavy atom. The molecule has 0 aliphatic rings. The minimum Gasteiger partial charge on any atom is -0.335 e. The molecule has 1 N–H and O–H groups in total. The molecule has 0 saturated carbocycles. The zero-order chi connectivity index (χ0) is 14.7. The number of nitro benzene ring substituents is 2. The van der Waals surface area contributed by atoms with Crippen LogP contribution in [0.4, 0.5) is 22.1 Å². The highest BCUT2D eigenvalue weighted by molar-refractivity contribution is 7.10. The van der Waals surface area contributed by atoms with Crippen LogP contribution in [0.15, 0.2) is 24.4 Å². The van der Waals surface area contributed by atoms with E-state index in [-0.39, 0.29) is 11.3 Å². The van der Waals surface area contributed by atoms with Crippen molar-refractivity contribution in [1.29, 1.82) is 5.26 Å². The van der Waals surface area contributed by atoms with Gasteiger partial charge in [0.1, 0.15) is 5.00 Å². The molecular formula is C10H5N5O4S. The van der Waals surface area contributed by atoms with Crippen molar-refractivity contribution < 1.29 is 9.85 Å². The molecule has 0 aliphatic heterocycles. The summed E-state index contributed by atoms with van der Waals surface area (Å²) in [5, 5.41) is 33.8. The lowest BCUT2D eigenvalue weighted by atomic mass is 10.1. The van der Waals surface area contributed by atoms with Crippen molar-refractivity contribution in [3.8, 4) is 6.07 Å². The molecule has 10 heteroatoms. The third-order valence-electron chi connectivity index (χ3n) is 2.31. The summed E-state index contributed by atoms with van der Waals surface area (Å²) in [7, 11) is 0. The minimum atomic E-state index is -0.781. The molecule has 2 rings (SSSR count). The van der Waals surface area contributed by atoms with Gasteiger partial charge in [-0.05, 0) is 17.6 Å². The molecular weight excluding hydrogens is 286 g/mol. The van der Waals surface area contributed by atoms with Gasteiger partial charge in [0.05, 0.1) is 21.5 Å². The summed E-state index contributed by atoms with van der Waals surface area (Å²) in [5.74, 6) is 0. The smallest absolute Gasteiger partial charge is 0.301 e. The van der Waals surface area contributed by atoms with E-state index in [2.05, 4.69) is 9.69 Å². The van der Waals surface area contributed by atoms with Gasteiger partial charge in [0.15, 0.2) is 5.69 Å². The quantitative estimate of drug-likeness (QED) is 0.675. The van der Waals surface area contributed by atoms with Crippen LogP contribution < -0.4 is 5.32 Å². The zero-order valence-electron chi connectivity index (χ0n) is 9.64. The molecule has 0 amide bonds. The van der Waals surface area contributed by atoms with Gasteiger partial charge in [0.2, 0.25) is 0 Å². The van der Waals surface area contributed by atoms with E-state index in [1.54, 1.807) is 6.07 Å². The Morgan fingerprint density at radius 2 is 1.85 bits per heavy atom. The molecule has 100 valence electrons. The second kappa shape index (κ2) is 5.29. The topological polar surface area (TPSA) is 135 Å². The number of hydrogen-bond acceptors (Lipinski definition) is 8. The van der Waals surface area contributed by atoms with Crippen LogP contribution in [-0.4, -0.2) is 14.2 Å². The van der Waals surface area contributed by atoms with Crippen LogP contribution in [-0.2, 0) is 0 Å². The summed E-state index contributed by atoms with van der Waals surface area (Å²) in [6.45, 7) is 0. The van der Waals surface area contributed by atoms with E-state index in [4.69, 9.17) is 5.26 Å². The average Bonchev–Trinajstić information content (AvgIpc) is 2.91. The number of nitrogens with zero attached hydrogens (tertiary/aromatic N) is 4. The fourth-order valence-corrected chi connectivity index (χ4v) is 2.00. The van der Waals surface area contributed by atoms with E-state index in [1.807, 2.05) is 0 Å². The van der Waals surface area contributed by atoms with Crippen LogP contribution in [0.5, 0.6) is 0 Å². The van der Waals surface area contributed by atoms with Crippen LogP contribution in [0, 0.1) is 31.6 Å².